The van der Waals surface area contributed by atoms with Crippen molar-refractivity contribution in [3.05, 3.63) is 29.3 Å². The third-order valence-electron chi connectivity index (χ3n) is 1.76. The highest BCUT2D eigenvalue weighted by Gasteiger charge is 2.10. The number of anilines is 1. The Morgan fingerprint density at radius 3 is 2.87 bits per heavy atom. The van der Waals surface area contributed by atoms with Crippen LogP contribution in [0.4, 0.5) is 5.69 Å². The Hall–Kier alpha value is -1.73. The van der Waals surface area contributed by atoms with Crippen LogP contribution in [-0.2, 0) is 4.79 Å². The zero-order chi connectivity index (χ0) is 11.3. The van der Waals surface area contributed by atoms with E-state index in [1.807, 2.05) is 6.07 Å². The molecule has 0 aromatic heterocycles. The number of carboxylic acid groups (broad SMARTS) is 1. The first-order valence-electron chi connectivity index (χ1n) is 4.22. The van der Waals surface area contributed by atoms with Crippen molar-refractivity contribution < 1.29 is 9.90 Å². The Bertz CT molecular complexity index is 401. The maximum atomic E-state index is 10.6. The standard InChI is InChI=1S/C10H9ClN2O2/c11-8-2-1-3-9(6-8)13(5-4-12)7-10(14)15/h1-3,6H,5,7H2,(H,14,15). The molecule has 5 heteroatoms. The minimum atomic E-state index is -0.981. The van der Waals surface area contributed by atoms with Gasteiger partial charge >= 0.3 is 5.97 Å². The van der Waals surface area contributed by atoms with Gasteiger partial charge in [-0.3, -0.25) is 4.79 Å². The molecule has 0 aliphatic rings. The second-order valence-corrected chi connectivity index (χ2v) is 3.32. The molecule has 78 valence electrons. The Labute approximate surface area is 92.3 Å². The molecule has 1 aromatic rings. The average Bonchev–Trinajstić information content (AvgIpc) is 2.16. The summed E-state index contributed by atoms with van der Waals surface area (Å²) in [6, 6.07) is 8.65. The molecule has 0 unspecified atom stereocenters. The summed E-state index contributed by atoms with van der Waals surface area (Å²) in [4.78, 5) is 12.0. The first-order valence-corrected chi connectivity index (χ1v) is 4.60. The van der Waals surface area contributed by atoms with Crippen molar-refractivity contribution in [1.82, 2.24) is 0 Å². The van der Waals surface area contributed by atoms with Crippen molar-refractivity contribution in [1.29, 1.82) is 5.26 Å². The van der Waals surface area contributed by atoms with Crippen LogP contribution in [0.3, 0.4) is 0 Å². The maximum absolute atomic E-state index is 10.6. The van der Waals surface area contributed by atoms with Crippen LogP contribution in [-0.4, -0.2) is 24.2 Å². The predicted octanol–water partition coefficient (Wildman–Crippen LogP) is 1.75. The van der Waals surface area contributed by atoms with Gasteiger partial charge in [0.1, 0.15) is 13.1 Å². The number of aliphatic carboxylic acids is 1. The van der Waals surface area contributed by atoms with Crippen LogP contribution in [0.5, 0.6) is 0 Å². The van der Waals surface area contributed by atoms with Crippen molar-refractivity contribution in [2.75, 3.05) is 18.0 Å². The lowest BCUT2D eigenvalue weighted by Crippen LogP contribution is -2.29. The van der Waals surface area contributed by atoms with Gasteiger partial charge in [0, 0.05) is 10.7 Å². The van der Waals surface area contributed by atoms with E-state index in [0.29, 0.717) is 10.7 Å². The summed E-state index contributed by atoms with van der Waals surface area (Å²) in [6.45, 7) is -0.194. The van der Waals surface area contributed by atoms with Crippen LogP contribution >= 0.6 is 11.6 Å². The average molecular weight is 225 g/mol. The highest BCUT2D eigenvalue weighted by Crippen LogP contribution is 2.18. The topological polar surface area (TPSA) is 64.3 Å². The summed E-state index contributed by atoms with van der Waals surface area (Å²) in [5.74, 6) is -0.981. The zero-order valence-corrected chi connectivity index (χ0v) is 8.61. The molecular formula is C10H9ClN2O2. The fraction of sp³-hybridized carbons (Fsp3) is 0.200. The summed E-state index contributed by atoms with van der Waals surface area (Å²) in [7, 11) is 0. The quantitative estimate of drug-likeness (QED) is 0.792. The Kier molecular flexibility index (Phi) is 3.95. The maximum Gasteiger partial charge on any atom is 0.323 e. The molecule has 15 heavy (non-hydrogen) atoms. The molecular weight excluding hydrogens is 216 g/mol. The first-order chi connectivity index (χ1) is 7.13. The van der Waals surface area contributed by atoms with E-state index >= 15 is 0 Å². The highest BCUT2D eigenvalue weighted by molar-refractivity contribution is 6.30. The molecule has 0 saturated heterocycles. The van der Waals surface area contributed by atoms with Gasteiger partial charge in [0.2, 0.25) is 0 Å². The third kappa shape index (κ3) is 3.49. The number of nitrogens with zero attached hydrogens (tertiary/aromatic N) is 2. The highest BCUT2D eigenvalue weighted by atomic mass is 35.5. The van der Waals surface area contributed by atoms with E-state index in [-0.39, 0.29) is 13.1 Å². The van der Waals surface area contributed by atoms with E-state index in [0.717, 1.165) is 0 Å². The lowest BCUT2D eigenvalue weighted by molar-refractivity contribution is -0.135. The molecule has 0 saturated carbocycles. The molecule has 1 rings (SSSR count). The second-order valence-electron chi connectivity index (χ2n) is 2.89. The summed E-state index contributed by atoms with van der Waals surface area (Å²) in [6.07, 6.45) is 0. The van der Waals surface area contributed by atoms with Gasteiger partial charge in [-0.2, -0.15) is 5.26 Å². The van der Waals surface area contributed by atoms with Gasteiger partial charge in [-0.1, -0.05) is 17.7 Å². The Morgan fingerprint density at radius 1 is 1.60 bits per heavy atom. The van der Waals surface area contributed by atoms with E-state index in [1.165, 1.54) is 4.90 Å². The minimum absolute atomic E-state index is 0.0205. The number of carbonyl (C=O) groups is 1. The number of halogens is 1. The van der Waals surface area contributed by atoms with Crippen molar-refractivity contribution in [3.8, 4) is 6.07 Å². The molecule has 0 radical (unpaired) electrons. The largest absolute Gasteiger partial charge is 0.480 e. The molecule has 0 fully saturated rings. The van der Waals surface area contributed by atoms with Gasteiger partial charge in [0.15, 0.2) is 0 Å². The molecule has 0 bridgehead atoms. The Morgan fingerprint density at radius 2 is 2.33 bits per heavy atom. The van der Waals surface area contributed by atoms with E-state index in [9.17, 15) is 4.79 Å². The molecule has 4 nitrogen and oxygen atoms in total. The van der Waals surface area contributed by atoms with Crippen LogP contribution in [0.25, 0.3) is 0 Å². The molecule has 0 amide bonds. The zero-order valence-electron chi connectivity index (χ0n) is 7.85. The van der Waals surface area contributed by atoms with Gasteiger partial charge in [0.25, 0.3) is 0 Å². The monoisotopic (exact) mass is 224 g/mol. The van der Waals surface area contributed by atoms with Crippen LogP contribution in [0.2, 0.25) is 5.02 Å². The van der Waals surface area contributed by atoms with Gasteiger partial charge in [-0.05, 0) is 18.2 Å². The number of nitriles is 1. The summed E-state index contributed by atoms with van der Waals surface area (Å²) >= 11 is 5.77. The normalized spacial score (nSPS) is 9.33. The smallest absolute Gasteiger partial charge is 0.323 e. The van der Waals surface area contributed by atoms with Crippen molar-refractivity contribution in [2.45, 2.75) is 0 Å². The van der Waals surface area contributed by atoms with Crippen LogP contribution in [0.15, 0.2) is 24.3 Å². The lowest BCUT2D eigenvalue weighted by atomic mass is 10.3. The number of hydrogen-bond donors (Lipinski definition) is 1. The summed E-state index contributed by atoms with van der Waals surface area (Å²) in [5, 5.41) is 17.7. The SMILES string of the molecule is N#CCN(CC(=O)O)c1cccc(Cl)c1. The van der Waals surface area contributed by atoms with Crippen molar-refractivity contribution in [3.63, 3.8) is 0 Å². The summed E-state index contributed by atoms with van der Waals surface area (Å²) < 4.78 is 0. The lowest BCUT2D eigenvalue weighted by Gasteiger charge is -2.19. The van der Waals surface area contributed by atoms with Gasteiger partial charge in [-0.25, -0.2) is 0 Å². The van der Waals surface area contributed by atoms with Crippen LogP contribution in [0.1, 0.15) is 0 Å². The number of rotatable bonds is 4. The fourth-order valence-corrected chi connectivity index (χ4v) is 1.34. The van der Waals surface area contributed by atoms with Crippen LogP contribution in [0, 0.1) is 11.3 Å². The van der Waals surface area contributed by atoms with E-state index < -0.39 is 5.97 Å². The molecule has 0 atom stereocenters. The van der Waals surface area contributed by atoms with Crippen LogP contribution < -0.4 is 4.90 Å². The number of carboxylic acids is 1. The van der Waals surface area contributed by atoms with Gasteiger partial charge in [-0.15, -0.1) is 0 Å². The van der Waals surface area contributed by atoms with Crippen molar-refractivity contribution in [2.24, 2.45) is 0 Å². The Balaban J connectivity index is 2.89. The molecule has 0 aliphatic carbocycles. The van der Waals surface area contributed by atoms with Crippen molar-refractivity contribution >= 4 is 23.3 Å². The first kappa shape index (κ1) is 11.3. The fourth-order valence-electron chi connectivity index (χ4n) is 1.16. The van der Waals surface area contributed by atoms with E-state index in [4.69, 9.17) is 22.0 Å². The van der Waals surface area contributed by atoms with Gasteiger partial charge < -0.3 is 10.0 Å². The second kappa shape index (κ2) is 5.23. The minimum Gasteiger partial charge on any atom is -0.480 e. The molecule has 1 aromatic carbocycles. The number of hydrogen-bond acceptors (Lipinski definition) is 3. The molecule has 0 heterocycles. The van der Waals surface area contributed by atoms with Gasteiger partial charge in [0.05, 0.1) is 6.07 Å². The van der Waals surface area contributed by atoms with E-state index in [2.05, 4.69) is 0 Å². The molecule has 1 N–H and O–H groups in total. The third-order valence-corrected chi connectivity index (χ3v) is 2.00. The molecule has 0 aliphatic heterocycles. The van der Waals surface area contributed by atoms with E-state index in [1.54, 1.807) is 24.3 Å². The predicted molar refractivity (Wildman–Crippen MR) is 56.9 cm³/mol. The number of benzene rings is 1. The summed E-state index contributed by atoms with van der Waals surface area (Å²) in [5.41, 5.74) is 0.631. The molecule has 0 spiro atoms.